The largest absolute Gasteiger partial charge is 0.399 e. The van der Waals surface area contributed by atoms with Gasteiger partial charge in [-0.1, -0.05) is 6.07 Å². The highest BCUT2D eigenvalue weighted by molar-refractivity contribution is 7.89. The Morgan fingerprint density at radius 1 is 1.31 bits per heavy atom. The first-order valence-corrected chi connectivity index (χ1v) is 11.0. The number of hydrogen-bond acceptors (Lipinski definition) is 6. The van der Waals surface area contributed by atoms with Crippen LogP contribution in [0.3, 0.4) is 0 Å². The van der Waals surface area contributed by atoms with Crippen molar-refractivity contribution in [3.63, 3.8) is 0 Å². The minimum atomic E-state index is -3.70. The van der Waals surface area contributed by atoms with Gasteiger partial charge >= 0.3 is 0 Å². The van der Waals surface area contributed by atoms with Crippen LogP contribution in [0.25, 0.3) is 10.4 Å². The molecular formula is C18H26N4O2S2. The van der Waals surface area contributed by atoms with E-state index in [1.807, 2.05) is 20.8 Å². The standard InChI is InChI=1S/C18H26N4O2S2/c1-18(2,3)22-26(23,24)16-9-12(19)4-5-14(16)15-10-21-17(25-15)8-11-6-13(20)7-11/h4-5,9-11,13,22H,6-8,19-20H2,1-3H3. The van der Waals surface area contributed by atoms with E-state index in [0.29, 0.717) is 23.2 Å². The van der Waals surface area contributed by atoms with Gasteiger partial charge in [-0.2, -0.15) is 0 Å². The van der Waals surface area contributed by atoms with Gasteiger partial charge in [0.05, 0.1) is 14.8 Å². The summed E-state index contributed by atoms with van der Waals surface area (Å²) in [6.07, 6.45) is 4.72. The van der Waals surface area contributed by atoms with Crippen molar-refractivity contribution in [1.29, 1.82) is 0 Å². The molecule has 1 aromatic heterocycles. The van der Waals surface area contributed by atoms with Crippen molar-refractivity contribution < 1.29 is 8.42 Å². The molecule has 1 heterocycles. The molecule has 6 nitrogen and oxygen atoms in total. The molecule has 1 fully saturated rings. The lowest BCUT2D eigenvalue weighted by Gasteiger charge is -2.31. The van der Waals surface area contributed by atoms with Crippen LogP contribution >= 0.6 is 11.3 Å². The normalized spacial score (nSPS) is 20.8. The van der Waals surface area contributed by atoms with E-state index in [-0.39, 0.29) is 4.90 Å². The van der Waals surface area contributed by atoms with Crippen LogP contribution in [0, 0.1) is 5.92 Å². The van der Waals surface area contributed by atoms with Crippen LogP contribution in [-0.4, -0.2) is 25.0 Å². The van der Waals surface area contributed by atoms with Crippen LogP contribution in [0.5, 0.6) is 0 Å². The van der Waals surface area contributed by atoms with Gasteiger partial charge in [-0.05, 0) is 51.7 Å². The Morgan fingerprint density at radius 2 is 2.00 bits per heavy atom. The maximum Gasteiger partial charge on any atom is 0.241 e. The molecule has 26 heavy (non-hydrogen) atoms. The fourth-order valence-corrected chi connectivity index (χ4v) is 5.96. The van der Waals surface area contributed by atoms with Crippen molar-refractivity contribution >= 4 is 27.0 Å². The molecule has 8 heteroatoms. The molecule has 0 spiro atoms. The van der Waals surface area contributed by atoms with Crippen LogP contribution in [0.2, 0.25) is 0 Å². The second kappa shape index (κ2) is 6.92. The van der Waals surface area contributed by atoms with E-state index in [1.54, 1.807) is 18.3 Å². The predicted molar refractivity (Wildman–Crippen MR) is 106 cm³/mol. The molecule has 0 saturated heterocycles. The van der Waals surface area contributed by atoms with Crippen LogP contribution < -0.4 is 16.2 Å². The Labute approximate surface area is 159 Å². The van der Waals surface area contributed by atoms with E-state index >= 15 is 0 Å². The van der Waals surface area contributed by atoms with Crippen molar-refractivity contribution in [3.05, 3.63) is 29.4 Å². The maximum absolute atomic E-state index is 12.9. The zero-order chi connectivity index (χ0) is 19.1. The Bertz CT molecular complexity index is 894. The van der Waals surface area contributed by atoms with Gasteiger partial charge in [0.1, 0.15) is 0 Å². The van der Waals surface area contributed by atoms with Gasteiger partial charge in [0.25, 0.3) is 0 Å². The van der Waals surface area contributed by atoms with Crippen LogP contribution in [-0.2, 0) is 16.4 Å². The van der Waals surface area contributed by atoms with Gasteiger partial charge < -0.3 is 11.5 Å². The molecule has 0 aliphatic heterocycles. The number of nitrogens with one attached hydrogen (secondary N) is 1. The highest BCUT2D eigenvalue weighted by Crippen LogP contribution is 2.36. The summed E-state index contributed by atoms with van der Waals surface area (Å²) in [6, 6.07) is 5.30. The molecule has 0 unspecified atom stereocenters. The van der Waals surface area contributed by atoms with Crippen LogP contribution in [0.4, 0.5) is 5.69 Å². The van der Waals surface area contributed by atoms with E-state index in [0.717, 1.165) is 29.1 Å². The van der Waals surface area contributed by atoms with Crippen molar-refractivity contribution in [3.8, 4) is 10.4 Å². The smallest absolute Gasteiger partial charge is 0.241 e. The lowest BCUT2D eigenvalue weighted by atomic mass is 9.79. The zero-order valence-electron chi connectivity index (χ0n) is 15.3. The van der Waals surface area contributed by atoms with Gasteiger partial charge in [0.15, 0.2) is 0 Å². The number of nitrogens with two attached hydrogens (primary N) is 2. The maximum atomic E-state index is 12.9. The van der Waals surface area contributed by atoms with Crippen molar-refractivity contribution in [2.45, 2.75) is 56.5 Å². The number of aromatic nitrogens is 1. The van der Waals surface area contributed by atoms with E-state index < -0.39 is 15.6 Å². The summed E-state index contributed by atoms with van der Waals surface area (Å²) in [7, 11) is -3.70. The number of nitrogen functional groups attached to an aromatic ring is 1. The molecule has 5 N–H and O–H groups in total. The molecule has 0 bridgehead atoms. The highest BCUT2D eigenvalue weighted by atomic mass is 32.2. The monoisotopic (exact) mass is 394 g/mol. The van der Waals surface area contributed by atoms with Crippen molar-refractivity contribution in [2.75, 3.05) is 5.73 Å². The Morgan fingerprint density at radius 3 is 2.62 bits per heavy atom. The topological polar surface area (TPSA) is 111 Å². The van der Waals surface area contributed by atoms with Crippen molar-refractivity contribution in [1.82, 2.24) is 9.71 Å². The summed E-state index contributed by atoms with van der Waals surface area (Å²) in [4.78, 5) is 5.51. The zero-order valence-corrected chi connectivity index (χ0v) is 17.0. The molecule has 1 aliphatic rings. The molecule has 3 rings (SSSR count). The first kappa shape index (κ1) is 19.3. The van der Waals surface area contributed by atoms with Crippen LogP contribution in [0.15, 0.2) is 29.3 Å². The van der Waals surface area contributed by atoms with Crippen molar-refractivity contribution in [2.24, 2.45) is 11.7 Å². The Kier molecular flexibility index (Phi) is 5.13. The molecule has 142 valence electrons. The van der Waals surface area contributed by atoms with Gasteiger partial charge in [0, 0.05) is 35.4 Å². The first-order chi connectivity index (χ1) is 12.0. The third-order valence-electron chi connectivity index (χ3n) is 4.29. The molecule has 1 saturated carbocycles. The van der Waals surface area contributed by atoms with E-state index in [1.165, 1.54) is 17.4 Å². The summed E-state index contributed by atoms with van der Waals surface area (Å²) in [5, 5.41) is 1.01. The molecule has 0 atom stereocenters. The van der Waals surface area contributed by atoms with Gasteiger partial charge in [0.2, 0.25) is 10.0 Å². The number of rotatable bonds is 5. The molecular weight excluding hydrogens is 368 g/mol. The van der Waals surface area contributed by atoms with E-state index in [4.69, 9.17) is 11.5 Å². The predicted octanol–water partition coefficient (Wildman–Crippen LogP) is 2.75. The molecule has 1 aliphatic carbocycles. The summed E-state index contributed by atoms with van der Waals surface area (Å²) in [6.45, 7) is 5.43. The Hall–Kier alpha value is -1.48. The summed E-state index contributed by atoms with van der Waals surface area (Å²) in [5.74, 6) is 0.584. The van der Waals surface area contributed by atoms with Gasteiger partial charge in [-0.3, -0.25) is 0 Å². The van der Waals surface area contributed by atoms with E-state index in [9.17, 15) is 8.42 Å². The number of thiazole rings is 1. The lowest BCUT2D eigenvalue weighted by Crippen LogP contribution is -2.40. The van der Waals surface area contributed by atoms with Gasteiger partial charge in [-0.15, -0.1) is 11.3 Å². The molecule has 1 aromatic carbocycles. The molecule has 0 radical (unpaired) electrons. The summed E-state index contributed by atoms with van der Waals surface area (Å²) < 4.78 is 28.4. The number of hydrogen-bond donors (Lipinski definition) is 3. The Balaban J connectivity index is 1.92. The third-order valence-corrected chi connectivity index (χ3v) is 7.14. The summed E-state index contributed by atoms with van der Waals surface area (Å²) >= 11 is 1.53. The second-order valence-corrected chi connectivity index (χ2v) is 10.8. The average molecular weight is 395 g/mol. The summed E-state index contributed by atoms with van der Waals surface area (Å²) in [5.41, 5.74) is 12.2. The number of nitrogens with zero attached hydrogens (tertiary/aromatic N) is 1. The minimum Gasteiger partial charge on any atom is -0.399 e. The third kappa shape index (κ3) is 4.43. The minimum absolute atomic E-state index is 0.188. The molecule has 0 amide bonds. The average Bonchev–Trinajstić information content (AvgIpc) is 2.91. The first-order valence-electron chi connectivity index (χ1n) is 8.68. The number of benzene rings is 1. The highest BCUT2D eigenvalue weighted by Gasteiger charge is 2.28. The number of sulfonamides is 1. The second-order valence-electron chi connectivity index (χ2n) is 8.03. The SMILES string of the molecule is CC(C)(C)NS(=O)(=O)c1cc(N)ccc1-c1cnc(CC2CC(N)C2)s1. The quantitative estimate of drug-likeness (QED) is 0.675. The number of anilines is 1. The fourth-order valence-electron chi connectivity index (χ4n) is 3.15. The van der Waals surface area contributed by atoms with Crippen LogP contribution in [0.1, 0.15) is 38.6 Å². The molecule has 2 aromatic rings. The lowest BCUT2D eigenvalue weighted by molar-refractivity contribution is 0.264. The van der Waals surface area contributed by atoms with Gasteiger partial charge in [-0.25, -0.2) is 18.1 Å². The fraction of sp³-hybridized carbons (Fsp3) is 0.500. The van der Waals surface area contributed by atoms with E-state index in [2.05, 4.69) is 9.71 Å².